The van der Waals surface area contributed by atoms with Gasteiger partial charge in [0.05, 0.1) is 62.7 Å². The molecule has 2 heterocycles. The lowest BCUT2D eigenvalue weighted by molar-refractivity contribution is 1.18. The summed E-state index contributed by atoms with van der Waals surface area (Å²) in [5.41, 5.74) is 11.2. The molecule has 0 atom stereocenters. The molecule has 51 heavy (non-hydrogen) atoms. The second-order valence-electron chi connectivity index (χ2n) is 12.3. The molecule has 0 aliphatic heterocycles. The van der Waals surface area contributed by atoms with Crippen molar-refractivity contribution in [1.29, 1.82) is 15.8 Å². The minimum atomic E-state index is 0.544. The molecule has 238 valence electrons. The van der Waals surface area contributed by atoms with E-state index in [2.05, 4.69) is 88.5 Å². The molecule has 0 unspecified atom stereocenters. The average Bonchev–Trinajstić information content (AvgIpc) is 3.69. The third kappa shape index (κ3) is 4.99. The van der Waals surface area contributed by atoms with Crippen LogP contribution in [0.5, 0.6) is 0 Å². The van der Waals surface area contributed by atoms with Gasteiger partial charge in [0, 0.05) is 32.8 Å². The van der Waals surface area contributed by atoms with Crippen molar-refractivity contribution in [2.24, 2.45) is 0 Å². The standard InChI is InChI=1S/C46H29N5/c1-3-10-36(42(4-2)51-44-16-8-6-14-38(44)41-24-31(28-48)19-22-45(41)51)40-23-30(27-47)17-20-35(40)33-11-9-12-34(26-33)50-43-15-7-5-13-37(43)39-21-18-32(29-49)25-46(39)50/h3-26H,2H2,1H3/b10-3-,42-36-. The number of allylic oxidation sites excluding steroid dienone is 5. The van der Waals surface area contributed by atoms with Crippen LogP contribution < -0.4 is 0 Å². The number of nitriles is 3. The van der Waals surface area contributed by atoms with Gasteiger partial charge in [-0.2, -0.15) is 15.8 Å². The molecule has 0 aliphatic carbocycles. The van der Waals surface area contributed by atoms with Crippen molar-refractivity contribution in [1.82, 2.24) is 9.13 Å². The van der Waals surface area contributed by atoms with Gasteiger partial charge in [0.15, 0.2) is 0 Å². The summed E-state index contributed by atoms with van der Waals surface area (Å²) >= 11 is 0. The van der Waals surface area contributed by atoms with Crippen LogP contribution in [0.15, 0.2) is 152 Å². The van der Waals surface area contributed by atoms with Crippen LogP contribution in [-0.4, -0.2) is 9.13 Å². The Morgan fingerprint density at radius 1 is 0.588 bits per heavy atom. The summed E-state index contributed by atoms with van der Waals surface area (Å²) in [4.78, 5) is 0. The minimum absolute atomic E-state index is 0.544. The number of benzene rings is 6. The zero-order valence-electron chi connectivity index (χ0n) is 27.8. The molecule has 6 aromatic carbocycles. The van der Waals surface area contributed by atoms with E-state index in [9.17, 15) is 15.8 Å². The number of hydrogen-bond acceptors (Lipinski definition) is 3. The topological polar surface area (TPSA) is 81.2 Å². The molecule has 0 aliphatic rings. The Balaban J connectivity index is 1.41. The van der Waals surface area contributed by atoms with Crippen molar-refractivity contribution >= 4 is 54.9 Å². The van der Waals surface area contributed by atoms with Crippen LogP contribution in [-0.2, 0) is 0 Å². The second kappa shape index (κ2) is 12.6. The Bertz CT molecular complexity index is 2930. The van der Waals surface area contributed by atoms with Crippen molar-refractivity contribution in [2.45, 2.75) is 6.92 Å². The summed E-state index contributed by atoms with van der Waals surface area (Å²) < 4.78 is 4.40. The van der Waals surface area contributed by atoms with Gasteiger partial charge in [-0.15, -0.1) is 0 Å². The van der Waals surface area contributed by atoms with E-state index in [-0.39, 0.29) is 0 Å². The molecule has 0 amide bonds. The molecule has 8 aromatic rings. The minimum Gasteiger partial charge on any atom is -0.309 e. The first kappa shape index (κ1) is 30.9. The molecule has 0 bridgehead atoms. The fraction of sp³-hybridized carbons (Fsp3) is 0.0217. The molecule has 8 rings (SSSR count). The van der Waals surface area contributed by atoms with E-state index in [0.29, 0.717) is 16.7 Å². The molecule has 0 saturated heterocycles. The van der Waals surface area contributed by atoms with Crippen LogP contribution in [0.4, 0.5) is 0 Å². The summed E-state index contributed by atoms with van der Waals surface area (Å²) in [6, 6.07) is 49.2. The summed E-state index contributed by atoms with van der Waals surface area (Å²) in [6.45, 7) is 6.29. The molecule has 0 radical (unpaired) electrons. The van der Waals surface area contributed by atoms with Crippen molar-refractivity contribution in [2.75, 3.05) is 0 Å². The highest BCUT2D eigenvalue weighted by atomic mass is 15.0. The Labute approximate surface area is 295 Å². The number of nitrogens with zero attached hydrogens (tertiary/aromatic N) is 5. The lowest BCUT2D eigenvalue weighted by atomic mass is 9.91. The fourth-order valence-electron chi connectivity index (χ4n) is 7.32. The first-order chi connectivity index (χ1) is 25.1. The molecule has 0 spiro atoms. The van der Waals surface area contributed by atoms with E-state index in [0.717, 1.165) is 77.3 Å². The SMILES string of the molecule is C=C/C(=C(\C=C/C)c1cc(C#N)ccc1-c1cccc(-n2c3ccccc3c3ccc(C#N)cc32)c1)n1c2ccccc2c2cc(C#N)ccc21. The van der Waals surface area contributed by atoms with E-state index in [1.807, 2.05) is 97.9 Å². The van der Waals surface area contributed by atoms with E-state index in [4.69, 9.17) is 0 Å². The predicted octanol–water partition coefficient (Wildman–Crippen LogP) is 11.3. The Morgan fingerprint density at radius 3 is 1.96 bits per heavy atom. The van der Waals surface area contributed by atoms with Gasteiger partial charge < -0.3 is 9.13 Å². The zero-order chi connectivity index (χ0) is 35.1. The summed E-state index contributed by atoms with van der Waals surface area (Å²) in [5.74, 6) is 0. The number of rotatable bonds is 6. The maximum atomic E-state index is 10.1. The van der Waals surface area contributed by atoms with Crippen molar-refractivity contribution in [3.63, 3.8) is 0 Å². The van der Waals surface area contributed by atoms with Gasteiger partial charge in [-0.05, 0) is 96.4 Å². The predicted molar refractivity (Wildman–Crippen MR) is 208 cm³/mol. The largest absolute Gasteiger partial charge is 0.309 e. The maximum Gasteiger partial charge on any atom is 0.0992 e. The highest BCUT2D eigenvalue weighted by molar-refractivity contribution is 6.13. The van der Waals surface area contributed by atoms with Gasteiger partial charge in [0.2, 0.25) is 0 Å². The molecule has 0 N–H and O–H groups in total. The number of fused-ring (bicyclic) bond motifs is 6. The lowest BCUT2D eigenvalue weighted by Crippen LogP contribution is -2.01. The first-order valence-electron chi connectivity index (χ1n) is 16.6. The lowest BCUT2D eigenvalue weighted by Gasteiger charge is -2.18. The first-order valence-corrected chi connectivity index (χ1v) is 16.6. The van der Waals surface area contributed by atoms with Gasteiger partial charge in [-0.3, -0.25) is 0 Å². The highest BCUT2D eigenvalue weighted by Crippen LogP contribution is 2.40. The summed E-state index contributed by atoms with van der Waals surface area (Å²) in [6.07, 6.45) is 5.94. The van der Waals surface area contributed by atoms with Crippen LogP contribution in [0.2, 0.25) is 0 Å². The maximum absolute atomic E-state index is 10.1. The number of aromatic nitrogens is 2. The molecule has 0 saturated carbocycles. The van der Waals surface area contributed by atoms with Gasteiger partial charge in [-0.25, -0.2) is 0 Å². The van der Waals surface area contributed by atoms with Crippen molar-refractivity contribution in [3.05, 3.63) is 174 Å². The monoisotopic (exact) mass is 651 g/mol. The fourth-order valence-corrected chi connectivity index (χ4v) is 7.32. The Kier molecular flexibility index (Phi) is 7.62. The number of para-hydroxylation sites is 2. The van der Waals surface area contributed by atoms with Gasteiger partial charge in [-0.1, -0.05) is 79.4 Å². The summed E-state index contributed by atoms with van der Waals surface area (Å²) in [7, 11) is 0. The van der Waals surface area contributed by atoms with Gasteiger partial charge in [0.1, 0.15) is 0 Å². The molecule has 5 heteroatoms. The Morgan fingerprint density at radius 2 is 1.22 bits per heavy atom. The van der Waals surface area contributed by atoms with Gasteiger partial charge >= 0.3 is 0 Å². The zero-order valence-corrected chi connectivity index (χ0v) is 27.8. The summed E-state index contributed by atoms with van der Waals surface area (Å²) in [5, 5.41) is 33.8. The van der Waals surface area contributed by atoms with Crippen LogP contribution in [0.3, 0.4) is 0 Å². The average molecular weight is 652 g/mol. The molecule has 2 aromatic heterocycles. The van der Waals surface area contributed by atoms with Crippen LogP contribution >= 0.6 is 0 Å². The van der Waals surface area contributed by atoms with E-state index >= 15 is 0 Å². The van der Waals surface area contributed by atoms with E-state index in [1.165, 1.54) is 0 Å². The van der Waals surface area contributed by atoms with Crippen molar-refractivity contribution in [3.8, 4) is 35.0 Å². The third-order valence-electron chi connectivity index (χ3n) is 9.50. The molecular weight excluding hydrogens is 623 g/mol. The normalized spacial score (nSPS) is 11.9. The van der Waals surface area contributed by atoms with Crippen LogP contribution in [0.25, 0.3) is 71.7 Å². The number of hydrogen-bond donors (Lipinski definition) is 0. The van der Waals surface area contributed by atoms with Gasteiger partial charge in [0.25, 0.3) is 0 Å². The quantitative estimate of drug-likeness (QED) is 0.168. The van der Waals surface area contributed by atoms with E-state index < -0.39 is 0 Å². The van der Waals surface area contributed by atoms with Crippen LogP contribution in [0, 0.1) is 34.0 Å². The third-order valence-corrected chi connectivity index (χ3v) is 9.50. The van der Waals surface area contributed by atoms with E-state index in [1.54, 1.807) is 0 Å². The highest BCUT2D eigenvalue weighted by Gasteiger charge is 2.20. The molecule has 0 fully saturated rings. The van der Waals surface area contributed by atoms with Crippen LogP contribution in [0.1, 0.15) is 29.2 Å². The molecule has 5 nitrogen and oxygen atoms in total. The molecular formula is C46H29N5. The Hall–Kier alpha value is -7.39. The smallest absolute Gasteiger partial charge is 0.0992 e. The van der Waals surface area contributed by atoms with Crippen molar-refractivity contribution < 1.29 is 0 Å². The second-order valence-corrected chi connectivity index (χ2v) is 12.3.